The van der Waals surface area contributed by atoms with E-state index in [4.69, 9.17) is 4.52 Å². The van der Waals surface area contributed by atoms with Gasteiger partial charge in [0, 0.05) is 10.6 Å². The summed E-state index contributed by atoms with van der Waals surface area (Å²) in [5, 5.41) is 2.55. The van der Waals surface area contributed by atoms with Crippen LogP contribution in [-0.4, -0.2) is 38.8 Å². The standard InChI is InChI=1S/C17H23NOP/c1-18(2,3)14-15-19-20(16-10-6-4-7-11-16)17-12-8-5-9-13-17/h4-13H,14-15H2,1-3H3/q+1. The van der Waals surface area contributed by atoms with Gasteiger partial charge in [0.1, 0.15) is 13.2 Å². The number of likely N-dealkylation sites (N-methyl/N-ethyl adjacent to an activating group) is 1. The van der Waals surface area contributed by atoms with Crippen molar-refractivity contribution < 1.29 is 9.01 Å². The number of hydrogen-bond donors (Lipinski definition) is 0. The van der Waals surface area contributed by atoms with Gasteiger partial charge in [0.15, 0.2) is 0 Å². The first-order chi connectivity index (χ1) is 9.56. The van der Waals surface area contributed by atoms with Crippen molar-refractivity contribution in [3.63, 3.8) is 0 Å². The summed E-state index contributed by atoms with van der Waals surface area (Å²) >= 11 is 0. The van der Waals surface area contributed by atoms with E-state index in [0.717, 1.165) is 17.6 Å². The van der Waals surface area contributed by atoms with Crippen LogP contribution in [0.1, 0.15) is 0 Å². The first kappa shape index (κ1) is 15.2. The molecule has 2 aromatic carbocycles. The Morgan fingerprint density at radius 3 is 1.65 bits per heavy atom. The molecule has 20 heavy (non-hydrogen) atoms. The van der Waals surface area contributed by atoms with Gasteiger partial charge in [0.25, 0.3) is 0 Å². The van der Waals surface area contributed by atoms with Crippen LogP contribution >= 0.6 is 8.15 Å². The molecule has 2 rings (SSSR count). The van der Waals surface area contributed by atoms with Crippen molar-refractivity contribution in [2.75, 3.05) is 34.3 Å². The maximum atomic E-state index is 6.24. The van der Waals surface area contributed by atoms with Crippen LogP contribution in [0.3, 0.4) is 0 Å². The summed E-state index contributed by atoms with van der Waals surface area (Å²) in [6, 6.07) is 21.0. The molecule has 0 radical (unpaired) electrons. The SMILES string of the molecule is C[N+](C)(C)CCOP(c1ccccc1)c1ccccc1. The third-order valence-corrected chi connectivity index (χ3v) is 4.94. The molecular weight excluding hydrogens is 265 g/mol. The molecule has 0 saturated carbocycles. The minimum atomic E-state index is -0.714. The zero-order valence-electron chi connectivity index (χ0n) is 12.5. The van der Waals surface area contributed by atoms with Crippen molar-refractivity contribution >= 4 is 18.8 Å². The van der Waals surface area contributed by atoms with Gasteiger partial charge < -0.3 is 9.01 Å². The second-order valence-corrected chi connectivity index (χ2v) is 7.69. The Morgan fingerprint density at radius 1 is 0.800 bits per heavy atom. The lowest BCUT2D eigenvalue weighted by atomic mass is 10.4. The summed E-state index contributed by atoms with van der Waals surface area (Å²) in [6.07, 6.45) is 0. The maximum Gasteiger partial charge on any atom is 0.102 e. The van der Waals surface area contributed by atoms with Crippen molar-refractivity contribution in [3.05, 3.63) is 60.7 Å². The summed E-state index contributed by atoms with van der Waals surface area (Å²) in [5.41, 5.74) is 0. The van der Waals surface area contributed by atoms with E-state index in [1.807, 2.05) is 12.1 Å². The van der Waals surface area contributed by atoms with Gasteiger partial charge in [0.05, 0.1) is 29.3 Å². The van der Waals surface area contributed by atoms with Crippen molar-refractivity contribution in [1.29, 1.82) is 0 Å². The van der Waals surface area contributed by atoms with Gasteiger partial charge in [-0.15, -0.1) is 0 Å². The fraction of sp³-hybridized carbons (Fsp3) is 0.294. The zero-order chi connectivity index (χ0) is 14.4. The number of rotatable bonds is 6. The molecule has 0 saturated heterocycles. The van der Waals surface area contributed by atoms with Crippen LogP contribution in [0.25, 0.3) is 0 Å². The Hall–Kier alpha value is -1.21. The molecule has 0 N–H and O–H groups in total. The Kier molecular flexibility index (Phi) is 5.31. The van der Waals surface area contributed by atoms with Crippen LogP contribution < -0.4 is 10.6 Å². The Morgan fingerprint density at radius 2 is 1.25 bits per heavy atom. The molecule has 106 valence electrons. The van der Waals surface area contributed by atoms with Crippen LogP contribution in [0.4, 0.5) is 0 Å². The smallest absolute Gasteiger partial charge is 0.102 e. The van der Waals surface area contributed by atoms with Crippen LogP contribution in [0.2, 0.25) is 0 Å². The summed E-state index contributed by atoms with van der Waals surface area (Å²) in [7, 11) is 5.86. The van der Waals surface area contributed by atoms with E-state index in [9.17, 15) is 0 Å². The topological polar surface area (TPSA) is 9.23 Å². The average Bonchev–Trinajstić information content (AvgIpc) is 2.44. The summed E-state index contributed by atoms with van der Waals surface area (Å²) in [5.74, 6) is 0. The van der Waals surface area contributed by atoms with Gasteiger partial charge in [-0.3, -0.25) is 0 Å². The third kappa shape index (κ3) is 4.72. The first-order valence-electron chi connectivity index (χ1n) is 6.90. The Bertz CT molecular complexity index is 468. The molecule has 0 aliphatic carbocycles. The molecule has 0 spiro atoms. The zero-order valence-corrected chi connectivity index (χ0v) is 13.4. The molecular formula is C17H23NOP+. The third-order valence-electron chi connectivity index (χ3n) is 2.96. The maximum absolute atomic E-state index is 6.24. The largest absolute Gasteiger partial charge is 0.344 e. The van der Waals surface area contributed by atoms with E-state index in [-0.39, 0.29) is 0 Å². The number of quaternary nitrogens is 1. The molecule has 2 nitrogen and oxygen atoms in total. The second kappa shape index (κ2) is 6.99. The molecule has 0 atom stereocenters. The fourth-order valence-corrected chi connectivity index (χ4v) is 3.58. The van der Waals surface area contributed by atoms with Gasteiger partial charge in [0.2, 0.25) is 0 Å². The highest BCUT2D eigenvalue weighted by molar-refractivity contribution is 7.68. The first-order valence-corrected chi connectivity index (χ1v) is 8.16. The normalized spacial score (nSPS) is 11.8. The molecule has 0 aliphatic rings. The number of benzene rings is 2. The van der Waals surface area contributed by atoms with Crippen LogP contribution in [0, 0.1) is 0 Å². The lowest BCUT2D eigenvalue weighted by Gasteiger charge is -2.25. The highest BCUT2D eigenvalue weighted by Gasteiger charge is 2.16. The van der Waals surface area contributed by atoms with Gasteiger partial charge in [-0.2, -0.15) is 0 Å². The minimum absolute atomic E-state index is 0.714. The predicted octanol–water partition coefficient (Wildman–Crippen LogP) is 2.76. The van der Waals surface area contributed by atoms with Crippen molar-refractivity contribution in [3.8, 4) is 0 Å². The monoisotopic (exact) mass is 288 g/mol. The van der Waals surface area contributed by atoms with Gasteiger partial charge >= 0.3 is 0 Å². The van der Waals surface area contributed by atoms with Crippen LogP contribution in [-0.2, 0) is 4.52 Å². The summed E-state index contributed by atoms with van der Waals surface area (Å²) in [4.78, 5) is 0. The molecule has 3 heteroatoms. The Labute approximate surface area is 123 Å². The van der Waals surface area contributed by atoms with E-state index >= 15 is 0 Å². The van der Waals surface area contributed by atoms with Gasteiger partial charge in [-0.25, -0.2) is 0 Å². The average molecular weight is 288 g/mol. The van der Waals surface area contributed by atoms with Gasteiger partial charge in [-0.05, 0) is 0 Å². The van der Waals surface area contributed by atoms with Crippen molar-refractivity contribution in [1.82, 2.24) is 0 Å². The van der Waals surface area contributed by atoms with E-state index < -0.39 is 8.15 Å². The molecule has 0 unspecified atom stereocenters. The highest BCUT2D eigenvalue weighted by atomic mass is 31.1. The molecule has 0 amide bonds. The molecule has 2 aromatic rings. The van der Waals surface area contributed by atoms with E-state index in [1.54, 1.807) is 0 Å². The predicted molar refractivity (Wildman–Crippen MR) is 87.9 cm³/mol. The molecule has 0 heterocycles. The minimum Gasteiger partial charge on any atom is -0.344 e. The van der Waals surface area contributed by atoms with Crippen LogP contribution in [0.15, 0.2) is 60.7 Å². The molecule has 0 fully saturated rings. The fourth-order valence-electron chi connectivity index (χ4n) is 1.83. The second-order valence-electron chi connectivity index (χ2n) is 5.81. The van der Waals surface area contributed by atoms with Crippen molar-refractivity contribution in [2.24, 2.45) is 0 Å². The Balaban J connectivity index is 2.13. The lowest BCUT2D eigenvalue weighted by Crippen LogP contribution is -2.37. The van der Waals surface area contributed by atoms with E-state index in [2.05, 4.69) is 69.7 Å². The molecule has 0 aromatic heterocycles. The van der Waals surface area contributed by atoms with Gasteiger partial charge in [-0.1, -0.05) is 60.7 Å². The summed E-state index contributed by atoms with van der Waals surface area (Å²) < 4.78 is 7.16. The molecule has 0 aliphatic heterocycles. The lowest BCUT2D eigenvalue weighted by molar-refractivity contribution is -0.870. The van der Waals surface area contributed by atoms with E-state index in [1.165, 1.54) is 10.6 Å². The summed E-state index contributed by atoms with van der Waals surface area (Å²) in [6.45, 7) is 1.79. The number of hydrogen-bond acceptors (Lipinski definition) is 1. The van der Waals surface area contributed by atoms with Crippen LogP contribution in [0.5, 0.6) is 0 Å². The quantitative estimate of drug-likeness (QED) is 0.587. The van der Waals surface area contributed by atoms with E-state index in [0.29, 0.717) is 0 Å². The number of nitrogens with zero attached hydrogens (tertiary/aromatic N) is 1. The highest BCUT2D eigenvalue weighted by Crippen LogP contribution is 2.34. The van der Waals surface area contributed by atoms with Crippen molar-refractivity contribution in [2.45, 2.75) is 0 Å². The molecule has 0 bridgehead atoms.